The highest BCUT2D eigenvalue weighted by atomic mass is 35.5. The first-order valence-corrected chi connectivity index (χ1v) is 11.3. The van der Waals surface area contributed by atoms with Gasteiger partial charge in [0.25, 0.3) is 11.8 Å². The van der Waals surface area contributed by atoms with Crippen LogP contribution in [0.4, 0.5) is 10.1 Å². The van der Waals surface area contributed by atoms with Crippen molar-refractivity contribution >= 4 is 40.6 Å². The Morgan fingerprint density at radius 1 is 1.32 bits per heavy atom. The van der Waals surface area contributed by atoms with E-state index in [1.807, 2.05) is 0 Å². The molecule has 0 spiro atoms. The number of alkyl halides is 1. The number of hydrogen-bond acceptors (Lipinski definition) is 4. The zero-order valence-corrected chi connectivity index (χ0v) is 20.2. The highest BCUT2D eigenvalue weighted by molar-refractivity contribution is 6.31. The third-order valence-corrected chi connectivity index (χ3v) is 6.18. The van der Waals surface area contributed by atoms with Crippen LogP contribution in [0.2, 0.25) is 0 Å². The number of piperazine rings is 1. The molecule has 2 unspecified atom stereocenters. The van der Waals surface area contributed by atoms with Gasteiger partial charge in [0.15, 0.2) is 0 Å². The maximum Gasteiger partial charge on any atom is 0.256 e. The molecule has 34 heavy (non-hydrogen) atoms. The van der Waals surface area contributed by atoms with E-state index in [9.17, 15) is 23.9 Å². The van der Waals surface area contributed by atoms with E-state index < -0.39 is 36.0 Å². The number of aliphatic hydroxyl groups is 1. The normalized spacial score (nSPS) is 19.9. The number of amides is 3. The van der Waals surface area contributed by atoms with E-state index >= 15 is 0 Å². The maximum atomic E-state index is 13.4. The fraction of sp³-hybridized carbons (Fsp3) is 0.400. The van der Waals surface area contributed by atoms with E-state index in [-0.39, 0.29) is 30.6 Å². The van der Waals surface area contributed by atoms with E-state index in [4.69, 9.17) is 11.6 Å². The molecule has 2 aliphatic heterocycles. The van der Waals surface area contributed by atoms with Gasteiger partial charge < -0.3 is 20.2 Å². The minimum Gasteiger partial charge on any atom is -0.383 e. The molecule has 2 atom stereocenters. The Morgan fingerprint density at radius 3 is 2.68 bits per heavy atom. The van der Waals surface area contributed by atoms with E-state index in [1.165, 1.54) is 22.0 Å². The molecule has 2 aliphatic rings. The SMILES string of the molecule is C=C(C=CC(Cl)=CCF)c1ccc2c(c1)C(=O)N1CCN(C(=O)C(O)C(C)(C)C)CC1C(=O)N2. The first-order valence-electron chi connectivity index (χ1n) is 11.0. The van der Waals surface area contributed by atoms with Crippen molar-refractivity contribution in [3.63, 3.8) is 0 Å². The summed E-state index contributed by atoms with van der Waals surface area (Å²) >= 11 is 5.88. The summed E-state index contributed by atoms with van der Waals surface area (Å²) in [5.41, 5.74) is 1.23. The third-order valence-electron chi connectivity index (χ3n) is 5.90. The number of nitrogens with zero attached hydrogens (tertiary/aromatic N) is 2. The Morgan fingerprint density at radius 2 is 2.03 bits per heavy atom. The van der Waals surface area contributed by atoms with Crippen molar-refractivity contribution in [3.8, 4) is 0 Å². The first-order chi connectivity index (χ1) is 15.9. The Balaban J connectivity index is 1.83. The summed E-state index contributed by atoms with van der Waals surface area (Å²) in [5, 5.41) is 13.4. The molecule has 1 aromatic carbocycles. The fourth-order valence-electron chi connectivity index (χ4n) is 3.81. The van der Waals surface area contributed by atoms with Gasteiger partial charge in [0.2, 0.25) is 5.91 Å². The Labute approximate surface area is 203 Å². The number of aliphatic hydroxyl groups excluding tert-OH is 1. The number of benzene rings is 1. The number of fused-ring (bicyclic) bond motifs is 2. The molecule has 2 N–H and O–H groups in total. The van der Waals surface area contributed by atoms with Gasteiger partial charge in [0.05, 0.1) is 17.8 Å². The number of rotatable bonds is 5. The summed E-state index contributed by atoms with van der Waals surface area (Å²) in [7, 11) is 0. The van der Waals surface area contributed by atoms with E-state index in [1.54, 1.807) is 45.0 Å². The van der Waals surface area contributed by atoms with Crippen molar-refractivity contribution in [1.29, 1.82) is 0 Å². The van der Waals surface area contributed by atoms with Gasteiger partial charge >= 0.3 is 0 Å². The highest BCUT2D eigenvalue weighted by Crippen LogP contribution is 2.29. The van der Waals surface area contributed by atoms with Crippen LogP contribution >= 0.6 is 11.6 Å². The number of halogens is 2. The molecule has 3 amide bonds. The van der Waals surface area contributed by atoms with E-state index in [0.717, 1.165) is 0 Å². The molecule has 1 fully saturated rings. The predicted octanol–water partition coefficient (Wildman–Crippen LogP) is 3.36. The van der Waals surface area contributed by atoms with Gasteiger partial charge in [0.1, 0.15) is 18.8 Å². The molecule has 2 heterocycles. The summed E-state index contributed by atoms with van der Waals surface area (Å²) in [6, 6.07) is 4.11. The van der Waals surface area contributed by atoms with Crippen molar-refractivity contribution in [2.24, 2.45) is 5.41 Å². The second kappa shape index (κ2) is 10.1. The third kappa shape index (κ3) is 5.39. The molecule has 0 aliphatic carbocycles. The first kappa shape index (κ1) is 25.6. The zero-order valence-electron chi connectivity index (χ0n) is 19.5. The number of nitrogens with one attached hydrogen (secondary N) is 1. The summed E-state index contributed by atoms with van der Waals surface area (Å²) in [6.45, 7) is 8.94. The molecular formula is C25H29ClFN3O4. The van der Waals surface area contributed by atoms with Crippen molar-refractivity contribution in [2.75, 3.05) is 31.6 Å². The van der Waals surface area contributed by atoms with Gasteiger partial charge in [-0.25, -0.2) is 4.39 Å². The lowest BCUT2D eigenvalue weighted by molar-refractivity contribution is -0.149. The Hall–Kier alpha value is -2.97. The van der Waals surface area contributed by atoms with Crippen LogP contribution in [0.1, 0.15) is 36.7 Å². The lowest BCUT2D eigenvalue weighted by Crippen LogP contribution is -2.61. The standard InChI is InChI=1S/C25H29ClFN3O4/c1-15(5-7-17(26)9-10-27)16-6-8-19-18(13-16)23(33)30-12-11-29(14-20(30)22(32)28-19)24(34)21(31)25(2,3)4/h5-9,13,20-21,31H,1,10-12,14H2,2-4H3,(H,28,32). The number of carbonyl (C=O) groups excluding carboxylic acids is 3. The van der Waals surface area contributed by atoms with Gasteiger partial charge in [-0.3, -0.25) is 14.4 Å². The van der Waals surface area contributed by atoms with Gasteiger partial charge in [-0.15, -0.1) is 0 Å². The average Bonchev–Trinajstić information content (AvgIpc) is 2.90. The van der Waals surface area contributed by atoms with Crippen LogP contribution in [0, 0.1) is 5.41 Å². The topological polar surface area (TPSA) is 90.0 Å². The quantitative estimate of drug-likeness (QED) is 0.621. The molecule has 3 rings (SSSR count). The molecule has 9 heteroatoms. The van der Waals surface area contributed by atoms with Crippen LogP contribution < -0.4 is 5.32 Å². The van der Waals surface area contributed by atoms with Crippen molar-refractivity contribution in [2.45, 2.75) is 32.9 Å². The van der Waals surface area contributed by atoms with Crippen LogP contribution in [-0.2, 0) is 9.59 Å². The molecule has 0 bridgehead atoms. The fourth-order valence-corrected chi connectivity index (χ4v) is 3.93. The van der Waals surface area contributed by atoms with Crippen molar-refractivity contribution < 1.29 is 23.9 Å². The number of anilines is 1. The lowest BCUT2D eigenvalue weighted by Gasteiger charge is -2.41. The molecule has 1 aromatic rings. The van der Waals surface area contributed by atoms with Crippen LogP contribution in [-0.4, -0.2) is 71.1 Å². The van der Waals surface area contributed by atoms with E-state index in [2.05, 4.69) is 11.9 Å². The largest absolute Gasteiger partial charge is 0.383 e. The van der Waals surface area contributed by atoms with Crippen molar-refractivity contribution in [1.82, 2.24) is 9.80 Å². The van der Waals surface area contributed by atoms with E-state index in [0.29, 0.717) is 22.4 Å². The molecule has 0 saturated carbocycles. The minimum absolute atomic E-state index is 0.000750. The van der Waals surface area contributed by atoms with Gasteiger partial charge in [-0.2, -0.15) is 0 Å². The summed E-state index contributed by atoms with van der Waals surface area (Å²) in [4.78, 5) is 42.0. The predicted molar refractivity (Wildman–Crippen MR) is 130 cm³/mol. The number of allylic oxidation sites excluding steroid dienone is 5. The highest BCUT2D eigenvalue weighted by Gasteiger charge is 2.42. The second-order valence-electron chi connectivity index (χ2n) is 9.42. The maximum absolute atomic E-state index is 13.4. The Kier molecular flexibility index (Phi) is 7.63. The molecular weight excluding hydrogens is 461 g/mol. The minimum atomic E-state index is -1.21. The number of hydrogen-bond donors (Lipinski definition) is 2. The zero-order chi connectivity index (χ0) is 25.2. The van der Waals surface area contributed by atoms with Crippen LogP contribution in [0.25, 0.3) is 5.57 Å². The van der Waals surface area contributed by atoms with Gasteiger partial charge in [0, 0.05) is 18.1 Å². The van der Waals surface area contributed by atoms with Gasteiger partial charge in [-0.05, 0) is 40.8 Å². The van der Waals surface area contributed by atoms with Crippen LogP contribution in [0.15, 0.2) is 48.0 Å². The molecule has 0 aromatic heterocycles. The van der Waals surface area contributed by atoms with Gasteiger partial charge in [-0.1, -0.05) is 51.1 Å². The monoisotopic (exact) mass is 489 g/mol. The lowest BCUT2D eigenvalue weighted by atomic mass is 9.88. The molecule has 182 valence electrons. The summed E-state index contributed by atoms with van der Waals surface area (Å²) in [5.74, 6) is -1.19. The van der Waals surface area contributed by atoms with Crippen LogP contribution in [0.3, 0.4) is 0 Å². The average molecular weight is 490 g/mol. The Bertz CT molecular complexity index is 1080. The van der Waals surface area contributed by atoms with Crippen LogP contribution in [0.5, 0.6) is 0 Å². The molecule has 1 saturated heterocycles. The molecule has 0 radical (unpaired) electrons. The van der Waals surface area contributed by atoms with Crippen molar-refractivity contribution in [3.05, 3.63) is 59.2 Å². The second-order valence-corrected chi connectivity index (χ2v) is 9.86. The summed E-state index contributed by atoms with van der Waals surface area (Å²) in [6.07, 6.45) is 3.13. The smallest absolute Gasteiger partial charge is 0.256 e. The summed E-state index contributed by atoms with van der Waals surface area (Å²) < 4.78 is 12.4. The number of carbonyl (C=O) groups is 3. The molecule has 7 nitrogen and oxygen atoms in total.